The van der Waals surface area contributed by atoms with Crippen LogP contribution in [0.15, 0.2) is 47.4 Å². The van der Waals surface area contributed by atoms with E-state index in [0.717, 1.165) is 12.1 Å². The van der Waals surface area contributed by atoms with Gasteiger partial charge in [0.1, 0.15) is 22.2 Å². The zero-order chi connectivity index (χ0) is 21.7. The first kappa shape index (κ1) is 22.0. The minimum absolute atomic E-state index is 0.0187. The van der Waals surface area contributed by atoms with Gasteiger partial charge in [0.15, 0.2) is 0 Å². The Bertz CT molecular complexity index is 995. The maximum absolute atomic E-state index is 13.7. The standard InChI is InChI=1S/C21H25FN2O5S/c1-3-29-18-9-7-17(8-10-18)23-21(25)15-5-4-12-24(14-15)30(26,27)20-13-16(22)6-11-19(20)28-2/h6-11,13,15H,3-5,12,14H2,1-2H3,(H,23,25). The molecule has 0 aliphatic carbocycles. The molecule has 0 spiro atoms. The Hall–Kier alpha value is -2.65. The Morgan fingerprint density at radius 1 is 1.23 bits per heavy atom. The molecule has 2 aromatic carbocycles. The molecule has 2 aromatic rings. The third-order valence-electron chi connectivity index (χ3n) is 4.93. The van der Waals surface area contributed by atoms with Gasteiger partial charge in [-0.2, -0.15) is 4.31 Å². The fourth-order valence-corrected chi connectivity index (χ4v) is 5.10. The molecule has 30 heavy (non-hydrogen) atoms. The summed E-state index contributed by atoms with van der Waals surface area (Å²) in [6.45, 7) is 2.71. The number of amides is 1. The summed E-state index contributed by atoms with van der Waals surface area (Å²) >= 11 is 0. The largest absolute Gasteiger partial charge is 0.495 e. The second-order valence-corrected chi connectivity index (χ2v) is 8.85. The Balaban J connectivity index is 1.73. The molecular weight excluding hydrogens is 411 g/mol. The highest BCUT2D eigenvalue weighted by Gasteiger charge is 2.35. The van der Waals surface area contributed by atoms with Gasteiger partial charge < -0.3 is 14.8 Å². The van der Waals surface area contributed by atoms with Crippen molar-refractivity contribution in [3.8, 4) is 11.5 Å². The molecule has 0 radical (unpaired) electrons. The molecule has 162 valence electrons. The van der Waals surface area contributed by atoms with Crippen LogP contribution in [-0.4, -0.2) is 45.4 Å². The summed E-state index contributed by atoms with van der Waals surface area (Å²) in [6.07, 6.45) is 1.09. The zero-order valence-electron chi connectivity index (χ0n) is 16.9. The molecule has 7 nitrogen and oxygen atoms in total. The minimum atomic E-state index is -4.01. The van der Waals surface area contributed by atoms with E-state index < -0.39 is 21.8 Å². The van der Waals surface area contributed by atoms with E-state index in [-0.39, 0.29) is 29.6 Å². The van der Waals surface area contributed by atoms with Crippen LogP contribution in [0, 0.1) is 11.7 Å². The molecule has 1 saturated heterocycles. The summed E-state index contributed by atoms with van der Waals surface area (Å²) in [6, 6.07) is 10.3. The summed E-state index contributed by atoms with van der Waals surface area (Å²) < 4.78 is 51.5. The van der Waals surface area contributed by atoms with Gasteiger partial charge in [-0.05, 0) is 62.2 Å². The van der Waals surface area contributed by atoms with Crippen molar-refractivity contribution < 1.29 is 27.1 Å². The zero-order valence-corrected chi connectivity index (χ0v) is 17.7. The van der Waals surface area contributed by atoms with Crippen molar-refractivity contribution in [2.75, 3.05) is 32.1 Å². The Kier molecular flexibility index (Phi) is 6.94. The van der Waals surface area contributed by atoms with Crippen LogP contribution in [0.25, 0.3) is 0 Å². The van der Waals surface area contributed by atoms with Gasteiger partial charge in [-0.15, -0.1) is 0 Å². The molecule has 1 aliphatic rings. The lowest BCUT2D eigenvalue weighted by Crippen LogP contribution is -2.43. The molecule has 1 unspecified atom stereocenters. The molecule has 1 aliphatic heterocycles. The predicted molar refractivity (Wildman–Crippen MR) is 111 cm³/mol. The van der Waals surface area contributed by atoms with E-state index in [4.69, 9.17) is 9.47 Å². The summed E-state index contributed by atoms with van der Waals surface area (Å²) in [4.78, 5) is 12.5. The lowest BCUT2D eigenvalue weighted by molar-refractivity contribution is -0.120. The lowest BCUT2D eigenvalue weighted by Gasteiger charge is -2.31. The van der Waals surface area contributed by atoms with Crippen LogP contribution < -0.4 is 14.8 Å². The topological polar surface area (TPSA) is 84.9 Å². The normalized spacial score (nSPS) is 17.4. The number of ether oxygens (including phenoxy) is 2. The highest BCUT2D eigenvalue weighted by molar-refractivity contribution is 7.89. The van der Waals surface area contributed by atoms with Gasteiger partial charge in [0.2, 0.25) is 15.9 Å². The molecule has 0 saturated carbocycles. The maximum atomic E-state index is 13.7. The van der Waals surface area contributed by atoms with Crippen molar-refractivity contribution in [1.82, 2.24) is 4.31 Å². The number of methoxy groups -OCH3 is 1. The number of halogens is 1. The second kappa shape index (κ2) is 9.44. The van der Waals surface area contributed by atoms with Crippen LogP contribution >= 0.6 is 0 Å². The molecule has 1 amide bonds. The van der Waals surface area contributed by atoms with Crippen molar-refractivity contribution in [3.05, 3.63) is 48.3 Å². The number of sulfonamides is 1. The Morgan fingerprint density at radius 2 is 1.97 bits per heavy atom. The third kappa shape index (κ3) is 4.91. The van der Waals surface area contributed by atoms with Gasteiger partial charge in [-0.1, -0.05) is 0 Å². The van der Waals surface area contributed by atoms with E-state index in [1.807, 2.05) is 6.92 Å². The number of carbonyl (C=O) groups excluding carboxylic acids is 1. The maximum Gasteiger partial charge on any atom is 0.246 e. The predicted octanol–water partition coefficient (Wildman–Crippen LogP) is 3.27. The SMILES string of the molecule is CCOc1ccc(NC(=O)C2CCCN(S(=O)(=O)c3cc(F)ccc3OC)C2)cc1. The fraction of sp³-hybridized carbons (Fsp3) is 0.381. The fourth-order valence-electron chi connectivity index (χ4n) is 3.41. The summed E-state index contributed by atoms with van der Waals surface area (Å²) in [5, 5.41) is 2.82. The Morgan fingerprint density at radius 3 is 2.63 bits per heavy atom. The number of carbonyl (C=O) groups is 1. The number of piperidine rings is 1. The highest BCUT2D eigenvalue weighted by Crippen LogP contribution is 2.30. The van der Waals surface area contributed by atoms with Crippen molar-refractivity contribution in [2.45, 2.75) is 24.7 Å². The third-order valence-corrected chi connectivity index (χ3v) is 6.82. The number of hydrogen-bond donors (Lipinski definition) is 1. The molecule has 1 heterocycles. The first-order valence-corrected chi connectivity index (χ1v) is 11.2. The summed E-state index contributed by atoms with van der Waals surface area (Å²) in [5.74, 6) is -0.673. The van der Waals surface area contributed by atoms with E-state index in [0.29, 0.717) is 30.9 Å². The lowest BCUT2D eigenvalue weighted by atomic mass is 9.99. The van der Waals surface area contributed by atoms with Gasteiger partial charge in [0.05, 0.1) is 19.6 Å². The molecule has 0 bridgehead atoms. The number of nitrogens with zero attached hydrogens (tertiary/aromatic N) is 1. The van der Waals surface area contributed by atoms with E-state index in [2.05, 4.69) is 5.32 Å². The van der Waals surface area contributed by atoms with Crippen LogP contribution in [0.2, 0.25) is 0 Å². The van der Waals surface area contributed by atoms with Gasteiger partial charge in [0, 0.05) is 18.8 Å². The van der Waals surface area contributed by atoms with Crippen LogP contribution in [0.1, 0.15) is 19.8 Å². The van der Waals surface area contributed by atoms with Crippen molar-refractivity contribution in [1.29, 1.82) is 0 Å². The van der Waals surface area contributed by atoms with Gasteiger partial charge in [0.25, 0.3) is 0 Å². The second-order valence-electron chi connectivity index (χ2n) is 6.94. The van der Waals surface area contributed by atoms with Crippen molar-refractivity contribution in [3.63, 3.8) is 0 Å². The molecule has 9 heteroatoms. The summed E-state index contributed by atoms with van der Waals surface area (Å²) in [5.41, 5.74) is 0.607. The average molecular weight is 437 g/mol. The number of benzene rings is 2. The minimum Gasteiger partial charge on any atom is -0.495 e. The summed E-state index contributed by atoms with van der Waals surface area (Å²) in [7, 11) is -2.68. The number of hydrogen-bond acceptors (Lipinski definition) is 5. The van der Waals surface area contributed by atoms with Gasteiger partial charge in [-0.25, -0.2) is 12.8 Å². The molecule has 3 rings (SSSR count). The molecule has 1 fully saturated rings. The molecule has 0 aromatic heterocycles. The van der Waals surface area contributed by atoms with E-state index in [9.17, 15) is 17.6 Å². The van der Waals surface area contributed by atoms with Gasteiger partial charge >= 0.3 is 0 Å². The molecule has 1 atom stereocenters. The van der Waals surface area contributed by atoms with E-state index >= 15 is 0 Å². The quantitative estimate of drug-likeness (QED) is 0.720. The van der Waals surface area contributed by atoms with Crippen molar-refractivity contribution in [2.24, 2.45) is 5.92 Å². The van der Waals surface area contributed by atoms with E-state index in [1.165, 1.54) is 17.5 Å². The number of rotatable bonds is 7. The van der Waals surface area contributed by atoms with Crippen LogP contribution in [0.5, 0.6) is 11.5 Å². The smallest absolute Gasteiger partial charge is 0.246 e. The molecular formula is C21H25FN2O5S. The number of anilines is 1. The van der Waals surface area contributed by atoms with E-state index in [1.54, 1.807) is 24.3 Å². The van der Waals surface area contributed by atoms with Crippen LogP contribution in [0.4, 0.5) is 10.1 Å². The molecule has 1 N–H and O–H groups in total. The van der Waals surface area contributed by atoms with Crippen LogP contribution in [0.3, 0.4) is 0 Å². The van der Waals surface area contributed by atoms with Crippen molar-refractivity contribution >= 4 is 21.6 Å². The van der Waals surface area contributed by atoms with Gasteiger partial charge in [-0.3, -0.25) is 4.79 Å². The monoisotopic (exact) mass is 436 g/mol. The highest BCUT2D eigenvalue weighted by atomic mass is 32.2. The first-order chi connectivity index (χ1) is 14.3. The van der Waals surface area contributed by atoms with Crippen LogP contribution in [-0.2, 0) is 14.8 Å². The number of nitrogens with one attached hydrogen (secondary N) is 1. The first-order valence-electron chi connectivity index (χ1n) is 9.72. The average Bonchev–Trinajstić information content (AvgIpc) is 2.75. The Labute approximate surface area is 175 Å².